The Hall–Kier alpha value is -2.48. The molecule has 0 radical (unpaired) electrons. The van der Waals surface area contributed by atoms with E-state index in [1.165, 1.54) is 33.8 Å². The fourth-order valence-electron chi connectivity index (χ4n) is 3.79. The van der Waals surface area contributed by atoms with Crippen molar-refractivity contribution in [1.82, 2.24) is 10.6 Å². The highest BCUT2D eigenvalue weighted by molar-refractivity contribution is 5.59. The van der Waals surface area contributed by atoms with Crippen LogP contribution in [0.25, 0.3) is 0 Å². The first-order valence-electron chi connectivity index (χ1n) is 9.80. The molecule has 0 spiro atoms. The van der Waals surface area contributed by atoms with Gasteiger partial charge in [0.25, 0.3) is 0 Å². The molecule has 2 heteroatoms. The first kappa shape index (κ1) is 20.8. The Morgan fingerprint density at radius 2 is 1.93 bits per heavy atom. The lowest BCUT2D eigenvalue weighted by atomic mass is 9.81. The first-order chi connectivity index (χ1) is 12.8. The van der Waals surface area contributed by atoms with Crippen LogP contribution >= 0.6 is 0 Å². The Balaban J connectivity index is 2.68. The van der Waals surface area contributed by atoms with Crippen LogP contribution in [0.2, 0.25) is 0 Å². The molecule has 1 aliphatic heterocycles. The van der Waals surface area contributed by atoms with E-state index in [0.717, 1.165) is 17.6 Å². The van der Waals surface area contributed by atoms with Crippen LogP contribution in [-0.2, 0) is 0 Å². The number of hydrogen-bond donors (Lipinski definition) is 2. The van der Waals surface area contributed by atoms with Crippen LogP contribution in [0.15, 0.2) is 94.6 Å². The average molecular weight is 363 g/mol. The van der Waals surface area contributed by atoms with Crippen LogP contribution in [0.3, 0.4) is 0 Å². The molecule has 0 saturated carbocycles. The maximum Gasteiger partial charge on any atom is 0.0478 e. The fourth-order valence-corrected chi connectivity index (χ4v) is 3.79. The smallest absolute Gasteiger partial charge is 0.0478 e. The maximum atomic E-state index is 4.29. The summed E-state index contributed by atoms with van der Waals surface area (Å²) in [5.41, 5.74) is 9.47. The molecule has 1 saturated heterocycles. The zero-order valence-electron chi connectivity index (χ0n) is 17.7. The van der Waals surface area contributed by atoms with Gasteiger partial charge in [0.15, 0.2) is 0 Å². The topological polar surface area (TPSA) is 24.1 Å². The van der Waals surface area contributed by atoms with Crippen LogP contribution in [0.4, 0.5) is 0 Å². The molecule has 1 fully saturated rings. The number of fused-ring (bicyclic) bond motifs is 1. The Morgan fingerprint density at radius 1 is 1.22 bits per heavy atom. The van der Waals surface area contributed by atoms with Crippen molar-refractivity contribution < 1.29 is 0 Å². The number of likely N-dealkylation sites (N-methyl/N-ethyl adjacent to an activating group) is 1. The van der Waals surface area contributed by atoms with Gasteiger partial charge in [-0.3, -0.25) is 0 Å². The van der Waals surface area contributed by atoms with Crippen LogP contribution in [0, 0.1) is 11.8 Å². The van der Waals surface area contributed by atoms with Crippen molar-refractivity contribution >= 4 is 0 Å². The van der Waals surface area contributed by atoms with Gasteiger partial charge < -0.3 is 10.6 Å². The molecule has 144 valence electrons. The molecule has 0 aromatic carbocycles. The summed E-state index contributed by atoms with van der Waals surface area (Å²) in [6, 6.07) is 0. The summed E-state index contributed by atoms with van der Waals surface area (Å²) in [6.45, 7) is 19.0. The third-order valence-corrected chi connectivity index (χ3v) is 5.25. The van der Waals surface area contributed by atoms with Crippen LogP contribution in [-0.4, -0.2) is 7.05 Å². The van der Waals surface area contributed by atoms with Crippen molar-refractivity contribution in [2.75, 3.05) is 7.05 Å². The molecule has 27 heavy (non-hydrogen) atoms. The Labute approximate surface area is 165 Å². The van der Waals surface area contributed by atoms with Crippen molar-refractivity contribution in [2.24, 2.45) is 11.8 Å². The van der Waals surface area contributed by atoms with Crippen LogP contribution in [0.1, 0.15) is 41.0 Å². The van der Waals surface area contributed by atoms with Gasteiger partial charge in [0.1, 0.15) is 0 Å². The molecule has 2 nitrogen and oxygen atoms in total. The number of allylic oxidation sites excluding steroid dienone is 12. The van der Waals surface area contributed by atoms with Crippen molar-refractivity contribution in [3.05, 3.63) is 94.6 Å². The quantitative estimate of drug-likeness (QED) is 0.559. The van der Waals surface area contributed by atoms with Gasteiger partial charge in [-0.05, 0) is 55.9 Å². The molecular weight excluding hydrogens is 328 g/mol. The SMILES string of the molecule is C=C(C)/C=C\C(=C)\C(C)=C1/NC2=CC=CC(C)C2/C1=C(NC)/C(C)=C/CC. The molecule has 2 unspecified atom stereocenters. The zero-order chi connectivity index (χ0) is 20.1. The Morgan fingerprint density at radius 3 is 2.52 bits per heavy atom. The van der Waals surface area contributed by atoms with Crippen molar-refractivity contribution in [3.8, 4) is 0 Å². The van der Waals surface area contributed by atoms with E-state index in [-0.39, 0.29) is 0 Å². The largest absolute Gasteiger partial charge is 0.388 e. The van der Waals surface area contributed by atoms with E-state index in [0.29, 0.717) is 11.8 Å². The van der Waals surface area contributed by atoms with E-state index in [4.69, 9.17) is 0 Å². The third-order valence-electron chi connectivity index (χ3n) is 5.25. The molecule has 1 aliphatic carbocycles. The summed E-state index contributed by atoms with van der Waals surface area (Å²) in [5.74, 6) is 0.773. The van der Waals surface area contributed by atoms with E-state index < -0.39 is 0 Å². The molecule has 1 heterocycles. The second-order valence-electron chi connectivity index (χ2n) is 7.51. The van der Waals surface area contributed by atoms with E-state index in [9.17, 15) is 0 Å². The van der Waals surface area contributed by atoms with Gasteiger partial charge in [-0.15, -0.1) is 0 Å². The van der Waals surface area contributed by atoms with E-state index in [1.54, 1.807) is 0 Å². The molecule has 2 N–H and O–H groups in total. The summed E-state index contributed by atoms with van der Waals surface area (Å²) in [7, 11) is 2.02. The van der Waals surface area contributed by atoms with Gasteiger partial charge in [0.05, 0.1) is 0 Å². The molecular formula is C25H34N2. The van der Waals surface area contributed by atoms with E-state index in [1.807, 2.05) is 20.0 Å². The Bertz CT molecular complexity index is 809. The van der Waals surface area contributed by atoms with Crippen LogP contribution in [0.5, 0.6) is 0 Å². The molecule has 0 bridgehead atoms. The lowest BCUT2D eigenvalue weighted by Gasteiger charge is -2.24. The third kappa shape index (κ3) is 4.44. The highest BCUT2D eigenvalue weighted by Gasteiger charge is 2.37. The minimum atomic E-state index is 0.334. The number of rotatable bonds is 6. The summed E-state index contributed by atoms with van der Waals surface area (Å²) >= 11 is 0. The lowest BCUT2D eigenvalue weighted by molar-refractivity contribution is 0.560. The zero-order valence-corrected chi connectivity index (χ0v) is 17.7. The second-order valence-corrected chi connectivity index (χ2v) is 7.51. The second kappa shape index (κ2) is 8.94. The summed E-state index contributed by atoms with van der Waals surface area (Å²) in [6.07, 6.45) is 14.0. The summed E-state index contributed by atoms with van der Waals surface area (Å²) in [4.78, 5) is 0. The molecule has 2 rings (SSSR count). The van der Waals surface area contributed by atoms with Crippen molar-refractivity contribution in [3.63, 3.8) is 0 Å². The normalized spacial score (nSPS) is 25.7. The minimum absolute atomic E-state index is 0.334. The molecule has 2 atom stereocenters. The molecule has 2 aliphatic rings. The minimum Gasteiger partial charge on any atom is -0.388 e. The van der Waals surface area contributed by atoms with Gasteiger partial charge >= 0.3 is 0 Å². The van der Waals surface area contributed by atoms with Gasteiger partial charge in [-0.25, -0.2) is 0 Å². The highest BCUT2D eigenvalue weighted by Crippen LogP contribution is 2.44. The fraction of sp³-hybridized carbons (Fsp3) is 0.360. The molecule has 0 aromatic rings. The summed E-state index contributed by atoms with van der Waals surface area (Å²) < 4.78 is 0. The molecule has 0 amide bonds. The van der Waals surface area contributed by atoms with Gasteiger partial charge in [-0.1, -0.05) is 63.0 Å². The maximum absolute atomic E-state index is 4.29. The predicted octanol–water partition coefficient (Wildman–Crippen LogP) is 6.09. The first-order valence-corrected chi connectivity index (χ1v) is 9.80. The average Bonchev–Trinajstić information content (AvgIpc) is 3.00. The highest BCUT2D eigenvalue weighted by atomic mass is 15.0. The monoisotopic (exact) mass is 362 g/mol. The van der Waals surface area contributed by atoms with Crippen LogP contribution < -0.4 is 10.6 Å². The summed E-state index contributed by atoms with van der Waals surface area (Å²) in [5, 5.41) is 7.18. The van der Waals surface area contributed by atoms with Gasteiger partial charge in [0.2, 0.25) is 0 Å². The van der Waals surface area contributed by atoms with Gasteiger partial charge in [-0.2, -0.15) is 0 Å². The van der Waals surface area contributed by atoms with E-state index in [2.05, 4.69) is 81.9 Å². The lowest BCUT2D eigenvalue weighted by Crippen LogP contribution is -2.19. The standard InChI is InChI=1S/C25H34N2/c1-9-11-19(6)24(26-8)23-22-18(5)12-10-13-21(22)27-25(23)20(7)17(4)15-14-16(2)3/h10-15,18,22,26-27H,2,4,9H2,1,3,5-8H3/b15-14-,19-11+,24-23+,25-20-. The predicted molar refractivity (Wildman–Crippen MR) is 119 cm³/mol. The van der Waals surface area contributed by atoms with Gasteiger partial charge in [0, 0.05) is 35.6 Å². The Kier molecular flexibility index (Phi) is 6.90. The molecule has 0 aromatic heterocycles. The van der Waals surface area contributed by atoms with Crippen molar-refractivity contribution in [1.29, 1.82) is 0 Å². The number of nitrogens with one attached hydrogen (secondary N) is 2. The van der Waals surface area contributed by atoms with Crippen molar-refractivity contribution in [2.45, 2.75) is 41.0 Å². The van der Waals surface area contributed by atoms with E-state index >= 15 is 0 Å². The number of hydrogen-bond acceptors (Lipinski definition) is 2.